The van der Waals surface area contributed by atoms with Gasteiger partial charge in [0.1, 0.15) is 12.8 Å². The summed E-state index contributed by atoms with van der Waals surface area (Å²) in [4.78, 5) is 10.1. The summed E-state index contributed by atoms with van der Waals surface area (Å²) in [6.45, 7) is -0.963. The topological polar surface area (TPSA) is 75.4 Å². The molecule has 2 rings (SSSR count). The van der Waals surface area contributed by atoms with Crippen LogP contribution in [0.2, 0.25) is 0 Å². The predicted molar refractivity (Wildman–Crippen MR) is 97.5 cm³/mol. The molecule has 2 N–H and O–H groups in total. The van der Waals surface area contributed by atoms with E-state index in [0.29, 0.717) is 11.3 Å². The lowest BCUT2D eigenvalue weighted by Crippen LogP contribution is -2.43. The van der Waals surface area contributed by atoms with Crippen LogP contribution in [0.1, 0.15) is 17.4 Å². The number of carbonyl (C=O) groups excluding carboxylic acids is 1. The van der Waals surface area contributed by atoms with Gasteiger partial charge in [-0.1, -0.05) is 52.6 Å². The van der Waals surface area contributed by atoms with Crippen LogP contribution in [-0.2, 0) is 10.5 Å². The first-order chi connectivity index (χ1) is 12.0. The van der Waals surface area contributed by atoms with Gasteiger partial charge in [0.25, 0.3) is 5.91 Å². The van der Waals surface area contributed by atoms with Crippen LogP contribution in [0.3, 0.4) is 0 Å². The molecular formula is C16H17Cl2FN2O3S. The van der Waals surface area contributed by atoms with Crippen molar-refractivity contribution in [3.63, 3.8) is 0 Å². The van der Waals surface area contributed by atoms with E-state index >= 15 is 0 Å². The largest absolute Gasteiger partial charge is 0.386 e. The van der Waals surface area contributed by atoms with E-state index in [1.54, 1.807) is 36.0 Å². The average Bonchev–Trinajstić information content (AvgIpc) is 3.08. The zero-order valence-corrected chi connectivity index (χ0v) is 15.6. The van der Waals surface area contributed by atoms with Crippen LogP contribution in [0.25, 0.3) is 11.3 Å². The van der Waals surface area contributed by atoms with Gasteiger partial charge in [0.05, 0.1) is 11.7 Å². The number of nitrogens with zero attached hydrogens (tertiary/aromatic N) is 1. The van der Waals surface area contributed by atoms with Gasteiger partial charge in [-0.25, -0.2) is 4.39 Å². The molecule has 2 atom stereocenters. The molecule has 1 unspecified atom stereocenters. The number of alkyl halides is 3. The molecule has 0 saturated heterocycles. The number of benzene rings is 1. The summed E-state index contributed by atoms with van der Waals surface area (Å²) in [5.41, 5.74) is 2.05. The lowest BCUT2D eigenvalue weighted by molar-refractivity contribution is -0.121. The molecule has 5 nitrogen and oxygen atoms in total. The molecule has 0 fully saturated rings. The Labute approximate surface area is 158 Å². The van der Waals surface area contributed by atoms with Crippen molar-refractivity contribution in [2.75, 3.05) is 12.9 Å². The number of aliphatic hydroxyl groups is 1. The molecule has 0 aliphatic rings. The van der Waals surface area contributed by atoms with E-state index in [9.17, 15) is 14.3 Å². The van der Waals surface area contributed by atoms with Crippen molar-refractivity contribution in [2.24, 2.45) is 0 Å². The normalized spacial score (nSPS) is 13.7. The highest BCUT2D eigenvalue weighted by atomic mass is 35.5. The van der Waals surface area contributed by atoms with E-state index in [2.05, 4.69) is 10.5 Å². The zero-order chi connectivity index (χ0) is 18.4. The summed E-state index contributed by atoms with van der Waals surface area (Å²) < 4.78 is 18.4. The van der Waals surface area contributed by atoms with E-state index in [-0.39, 0.29) is 0 Å². The van der Waals surface area contributed by atoms with Gasteiger partial charge in [0, 0.05) is 17.4 Å². The molecule has 0 bridgehead atoms. The average molecular weight is 407 g/mol. The number of hydrogen-bond donors (Lipinski definition) is 2. The van der Waals surface area contributed by atoms with Crippen molar-refractivity contribution in [1.29, 1.82) is 0 Å². The molecule has 0 saturated carbocycles. The van der Waals surface area contributed by atoms with Crippen molar-refractivity contribution in [1.82, 2.24) is 10.5 Å². The molecule has 9 heteroatoms. The Bertz CT molecular complexity index is 697. The first-order valence-corrected chi connectivity index (χ1v) is 9.60. The van der Waals surface area contributed by atoms with Crippen molar-refractivity contribution in [2.45, 2.75) is 22.7 Å². The number of thioether (sulfide) groups is 1. The Kier molecular flexibility index (Phi) is 7.56. The lowest BCUT2D eigenvalue weighted by Gasteiger charge is -2.22. The highest BCUT2D eigenvalue weighted by Gasteiger charge is 2.25. The summed E-state index contributed by atoms with van der Waals surface area (Å²) in [5.74, 6) is 0.595. The van der Waals surface area contributed by atoms with E-state index < -0.39 is 29.6 Å². The van der Waals surface area contributed by atoms with Gasteiger partial charge in [0.15, 0.2) is 10.6 Å². The molecule has 0 spiro atoms. The fourth-order valence-electron chi connectivity index (χ4n) is 2.19. The van der Waals surface area contributed by atoms with Gasteiger partial charge in [-0.15, -0.1) is 0 Å². The van der Waals surface area contributed by atoms with Crippen LogP contribution < -0.4 is 5.32 Å². The summed E-state index contributed by atoms with van der Waals surface area (Å²) >= 11 is 12.5. The fourth-order valence-corrected chi connectivity index (χ4v) is 2.75. The predicted octanol–water partition coefficient (Wildman–Crippen LogP) is 3.50. The smallest absolute Gasteiger partial charge is 0.253 e. The first kappa shape index (κ1) is 20.0. The third-order valence-electron chi connectivity index (χ3n) is 3.46. The van der Waals surface area contributed by atoms with Crippen molar-refractivity contribution >= 4 is 40.9 Å². The minimum absolute atomic E-state index is 0.441. The Balaban J connectivity index is 2.10. The Morgan fingerprint density at radius 1 is 1.40 bits per heavy atom. The highest BCUT2D eigenvalue weighted by Crippen LogP contribution is 2.25. The second-order valence-corrected chi connectivity index (χ2v) is 7.21. The maximum Gasteiger partial charge on any atom is 0.253 e. The Morgan fingerprint density at radius 2 is 2.08 bits per heavy atom. The van der Waals surface area contributed by atoms with Gasteiger partial charge in [0.2, 0.25) is 0 Å². The van der Waals surface area contributed by atoms with Crippen molar-refractivity contribution < 1.29 is 18.8 Å². The second kappa shape index (κ2) is 9.43. The van der Waals surface area contributed by atoms with E-state index in [1.165, 1.54) is 0 Å². The number of halogens is 3. The number of aliphatic hydroxyl groups excluding tert-OH is 1. The van der Waals surface area contributed by atoms with Crippen LogP contribution in [0.15, 0.2) is 34.9 Å². The number of nitrogens with one attached hydrogen (secondary N) is 1. The van der Waals surface area contributed by atoms with Gasteiger partial charge >= 0.3 is 0 Å². The number of hydrogen-bond acceptors (Lipinski definition) is 5. The van der Waals surface area contributed by atoms with Crippen LogP contribution >= 0.6 is 35.0 Å². The van der Waals surface area contributed by atoms with Gasteiger partial charge in [-0.05, 0) is 11.8 Å². The quantitative estimate of drug-likeness (QED) is 0.656. The molecule has 2 aromatic rings. The molecule has 1 heterocycles. The summed E-state index contributed by atoms with van der Waals surface area (Å²) in [6, 6.07) is 7.41. The van der Waals surface area contributed by atoms with E-state index in [1.807, 2.05) is 12.3 Å². The molecule has 1 aromatic heterocycles. The van der Waals surface area contributed by atoms with E-state index in [4.69, 9.17) is 27.7 Å². The SMILES string of the molecule is CSCc1cc(-c2ccc(C(O)[C@@H](CF)NC(=O)C(Cl)Cl)cc2)on1. The molecule has 0 radical (unpaired) electrons. The van der Waals surface area contributed by atoms with Crippen LogP contribution in [0, 0.1) is 0 Å². The Morgan fingerprint density at radius 3 is 2.64 bits per heavy atom. The van der Waals surface area contributed by atoms with Gasteiger partial charge < -0.3 is 14.9 Å². The van der Waals surface area contributed by atoms with E-state index in [0.717, 1.165) is 17.0 Å². The number of aromatic nitrogens is 1. The maximum absolute atomic E-state index is 13.2. The second-order valence-electron chi connectivity index (χ2n) is 5.25. The monoisotopic (exact) mass is 406 g/mol. The standard InChI is InChI=1S/C16H17Cl2FN2O3S/c1-25-8-11-6-13(24-21-11)9-2-4-10(5-3-9)14(22)12(7-19)20-16(23)15(17)18/h2-6,12,14-15,22H,7-8H2,1H3,(H,20,23)/t12-,14?/m1/s1. The maximum atomic E-state index is 13.2. The molecule has 1 amide bonds. The van der Waals surface area contributed by atoms with Crippen LogP contribution in [-0.4, -0.2) is 40.0 Å². The summed E-state index contributed by atoms with van der Waals surface area (Å²) in [6.07, 6.45) is 0.734. The third kappa shape index (κ3) is 5.34. The van der Waals surface area contributed by atoms with Crippen LogP contribution in [0.5, 0.6) is 0 Å². The molecule has 0 aliphatic heterocycles. The third-order valence-corrected chi connectivity index (χ3v) is 4.44. The van der Waals surface area contributed by atoms with Crippen LogP contribution in [0.4, 0.5) is 4.39 Å². The number of rotatable bonds is 8. The fraction of sp³-hybridized carbons (Fsp3) is 0.375. The molecule has 0 aliphatic carbocycles. The minimum Gasteiger partial charge on any atom is -0.386 e. The number of amides is 1. The summed E-state index contributed by atoms with van der Waals surface area (Å²) in [5, 5.41) is 16.5. The minimum atomic E-state index is -1.33. The number of carbonyl (C=O) groups is 1. The lowest BCUT2D eigenvalue weighted by atomic mass is 10.0. The first-order valence-electron chi connectivity index (χ1n) is 7.33. The molecule has 1 aromatic carbocycles. The molecule has 136 valence electrons. The molecular weight excluding hydrogens is 390 g/mol. The highest BCUT2D eigenvalue weighted by molar-refractivity contribution is 7.97. The van der Waals surface area contributed by atoms with Crippen molar-refractivity contribution in [3.8, 4) is 11.3 Å². The molecule has 25 heavy (non-hydrogen) atoms. The van der Waals surface area contributed by atoms with Crippen molar-refractivity contribution in [3.05, 3.63) is 41.6 Å². The van der Waals surface area contributed by atoms with Gasteiger partial charge in [-0.3, -0.25) is 4.79 Å². The Hall–Kier alpha value is -1.28. The summed E-state index contributed by atoms with van der Waals surface area (Å²) in [7, 11) is 0. The van der Waals surface area contributed by atoms with Gasteiger partial charge in [-0.2, -0.15) is 11.8 Å². The zero-order valence-electron chi connectivity index (χ0n) is 13.3.